The van der Waals surface area contributed by atoms with Crippen molar-refractivity contribution in [2.75, 3.05) is 19.8 Å². The molecule has 0 aromatic heterocycles. The number of phosphoric acid groups is 1. The van der Waals surface area contributed by atoms with Crippen molar-refractivity contribution < 1.29 is 28.4 Å². The highest BCUT2D eigenvalue weighted by atomic mass is 31.2. The topological polar surface area (TPSA) is 131 Å². The number of nitrogens with two attached hydrogens (primary N) is 1. The number of nitrogens with one attached hydrogen (secondary N) is 1. The molecule has 0 aromatic rings. The molecule has 274 valence electrons. The van der Waals surface area contributed by atoms with Crippen molar-refractivity contribution in [3.05, 3.63) is 48.6 Å². The lowest BCUT2D eigenvalue weighted by atomic mass is 10.1. The van der Waals surface area contributed by atoms with E-state index in [1.165, 1.54) is 64.2 Å². The van der Waals surface area contributed by atoms with Gasteiger partial charge in [-0.05, 0) is 70.6 Å². The van der Waals surface area contributed by atoms with Gasteiger partial charge in [0.25, 0.3) is 0 Å². The van der Waals surface area contributed by atoms with Crippen LogP contribution in [0.4, 0.5) is 0 Å². The number of aliphatic hydroxyl groups is 1. The zero-order valence-corrected chi connectivity index (χ0v) is 30.9. The van der Waals surface area contributed by atoms with E-state index < -0.39 is 20.0 Å². The smallest absolute Gasteiger partial charge is 0.387 e. The first-order valence-corrected chi connectivity index (χ1v) is 20.3. The molecular weight excluding hydrogens is 611 g/mol. The van der Waals surface area contributed by atoms with Crippen molar-refractivity contribution in [3.63, 3.8) is 0 Å². The molecule has 0 aliphatic rings. The summed E-state index contributed by atoms with van der Waals surface area (Å²) in [6, 6.07) is -0.886. The number of allylic oxidation sites excluding steroid dienone is 7. The van der Waals surface area contributed by atoms with E-state index in [0.717, 1.165) is 70.6 Å². The molecule has 47 heavy (non-hydrogen) atoms. The van der Waals surface area contributed by atoms with Crippen LogP contribution in [0.15, 0.2) is 48.6 Å². The fourth-order valence-corrected chi connectivity index (χ4v) is 5.74. The largest absolute Gasteiger partial charge is 0.472 e. The van der Waals surface area contributed by atoms with Gasteiger partial charge in [0.05, 0.1) is 25.4 Å². The molecule has 0 saturated carbocycles. The van der Waals surface area contributed by atoms with E-state index in [1.807, 2.05) is 6.08 Å². The van der Waals surface area contributed by atoms with Gasteiger partial charge in [-0.3, -0.25) is 13.8 Å². The van der Waals surface area contributed by atoms with Crippen molar-refractivity contribution in [1.29, 1.82) is 0 Å². The first-order valence-electron chi connectivity index (χ1n) is 18.8. The molecule has 3 unspecified atom stereocenters. The van der Waals surface area contributed by atoms with E-state index in [4.69, 9.17) is 14.8 Å². The summed E-state index contributed by atoms with van der Waals surface area (Å²) in [5, 5.41) is 13.6. The third-order valence-electron chi connectivity index (χ3n) is 7.85. The Bertz CT molecular complexity index is 876. The molecule has 0 aliphatic heterocycles. The second-order valence-corrected chi connectivity index (χ2v) is 13.9. The Kier molecular flexibility index (Phi) is 33.2. The summed E-state index contributed by atoms with van der Waals surface area (Å²) in [5.41, 5.74) is 5.35. The predicted octanol–water partition coefficient (Wildman–Crippen LogP) is 9.77. The first kappa shape index (κ1) is 45.5. The first-order chi connectivity index (χ1) is 22.9. The van der Waals surface area contributed by atoms with Gasteiger partial charge in [0.2, 0.25) is 5.91 Å². The Hall–Kier alpha value is -1.54. The SMILES string of the molecule is CCCCCC/C=C/CC/C=C/CC/C=C/C(O)C(COP(=O)(O)OCCN)NC(=O)CCCCCCC/C=C\CCCCCCC. The van der Waals surface area contributed by atoms with E-state index in [2.05, 4.69) is 55.6 Å². The van der Waals surface area contributed by atoms with Gasteiger partial charge < -0.3 is 21.1 Å². The zero-order valence-electron chi connectivity index (χ0n) is 30.0. The van der Waals surface area contributed by atoms with Crippen LogP contribution in [0.2, 0.25) is 0 Å². The molecule has 0 aliphatic carbocycles. The number of aliphatic hydroxyl groups excluding tert-OH is 1. The lowest BCUT2D eigenvalue weighted by Crippen LogP contribution is -2.45. The van der Waals surface area contributed by atoms with Crippen molar-refractivity contribution in [3.8, 4) is 0 Å². The lowest BCUT2D eigenvalue weighted by molar-refractivity contribution is -0.123. The monoisotopic (exact) mass is 683 g/mol. The van der Waals surface area contributed by atoms with Crippen LogP contribution in [-0.2, 0) is 18.4 Å². The molecule has 8 nitrogen and oxygen atoms in total. The summed E-state index contributed by atoms with van der Waals surface area (Å²) in [7, 11) is -4.35. The van der Waals surface area contributed by atoms with E-state index in [-0.39, 0.29) is 25.7 Å². The van der Waals surface area contributed by atoms with E-state index in [1.54, 1.807) is 6.08 Å². The Morgan fingerprint density at radius 3 is 1.66 bits per heavy atom. The molecule has 5 N–H and O–H groups in total. The number of hydrogen-bond donors (Lipinski definition) is 4. The third-order valence-corrected chi connectivity index (χ3v) is 8.84. The van der Waals surface area contributed by atoms with E-state index in [0.29, 0.717) is 6.42 Å². The predicted molar refractivity (Wildman–Crippen MR) is 198 cm³/mol. The molecule has 0 fully saturated rings. The molecule has 9 heteroatoms. The molecule has 0 spiro atoms. The summed E-state index contributed by atoms with van der Waals surface area (Å²) < 4.78 is 22.0. The van der Waals surface area contributed by atoms with Crippen LogP contribution in [0.5, 0.6) is 0 Å². The van der Waals surface area contributed by atoms with Crippen LogP contribution < -0.4 is 11.1 Å². The highest BCUT2D eigenvalue weighted by molar-refractivity contribution is 7.47. The Morgan fingerprint density at radius 1 is 0.681 bits per heavy atom. The molecule has 0 bridgehead atoms. The lowest BCUT2D eigenvalue weighted by Gasteiger charge is -2.23. The van der Waals surface area contributed by atoms with Crippen molar-refractivity contribution in [2.24, 2.45) is 5.73 Å². The maximum absolute atomic E-state index is 12.7. The van der Waals surface area contributed by atoms with Gasteiger partial charge in [-0.2, -0.15) is 0 Å². The van der Waals surface area contributed by atoms with Gasteiger partial charge >= 0.3 is 7.82 Å². The van der Waals surface area contributed by atoms with Crippen LogP contribution in [0.1, 0.15) is 155 Å². The Balaban J connectivity index is 4.43. The van der Waals surface area contributed by atoms with Crippen LogP contribution in [0.3, 0.4) is 0 Å². The quantitative estimate of drug-likeness (QED) is 0.0302. The minimum atomic E-state index is -4.35. The van der Waals surface area contributed by atoms with E-state index >= 15 is 0 Å². The van der Waals surface area contributed by atoms with E-state index in [9.17, 15) is 19.4 Å². The van der Waals surface area contributed by atoms with Crippen LogP contribution in [0, 0.1) is 0 Å². The van der Waals surface area contributed by atoms with Gasteiger partial charge in [-0.15, -0.1) is 0 Å². The second kappa shape index (κ2) is 34.3. The molecule has 0 rings (SSSR count). The average Bonchev–Trinajstić information content (AvgIpc) is 3.05. The van der Waals surface area contributed by atoms with Crippen LogP contribution >= 0.6 is 7.82 Å². The maximum Gasteiger partial charge on any atom is 0.472 e. The number of carbonyl (C=O) groups excluding carboxylic acids is 1. The number of carbonyl (C=O) groups is 1. The fourth-order valence-electron chi connectivity index (χ4n) is 4.98. The number of amides is 1. The van der Waals surface area contributed by atoms with Gasteiger partial charge in [0.15, 0.2) is 0 Å². The van der Waals surface area contributed by atoms with Gasteiger partial charge in [0.1, 0.15) is 0 Å². The van der Waals surface area contributed by atoms with Crippen LogP contribution in [-0.4, -0.2) is 47.8 Å². The highest BCUT2D eigenvalue weighted by Crippen LogP contribution is 2.43. The Morgan fingerprint density at radius 2 is 1.13 bits per heavy atom. The molecule has 0 heterocycles. The summed E-state index contributed by atoms with van der Waals surface area (Å²) in [5.74, 6) is -0.221. The molecule has 1 amide bonds. The molecule has 0 saturated heterocycles. The molecule has 0 radical (unpaired) electrons. The summed E-state index contributed by atoms with van der Waals surface area (Å²) in [6.45, 7) is 4.04. The molecule has 0 aromatic carbocycles. The third kappa shape index (κ3) is 32.8. The number of hydrogen-bond acceptors (Lipinski definition) is 6. The maximum atomic E-state index is 12.7. The van der Waals surface area contributed by atoms with Gasteiger partial charge in [-0.25, -0.2) is 4.57 Å². The number of rotatable bonds is 34. The van der Waals surface area contributed by atoms with Crippen molar-refractivity contribution >= 4 is 13.7 Å². The highest BCUT2D eigenvalue weighted by Gasteiger charge is 2.26. The molecule has 3 atom stereocenters. The summed E-state index contributed by atoms with van der Waals surface area (Å²) >= 11 is 0. The summed E-state index contributed by atoms with van der Waals surface area (Å²) in [6.07, 6.45) is 40.1. The van der Waals surface area contributed by atoms with Crippen molar-refractivity contribution in [2.45, 2.75) is 167 Å². The number of phosphoric ester groups is 1. The second-order valence-electron chi connectivity index (χ2n) is 12.4. The standard InChI is InChI=1S/C38H71N2O6P/c1-3-5-7-9-11-13-15-17-19-21-23-25-27-29-31-37(41)36(35-46-47(43,44)45-34-33-39)40-38(42)32-30-28-26-24-22-20-18-16-14-12-10-8-6-4-2/h13,15-16,18,21,23,29,31,36-37,41H,3-12,14,17,19-20,22,24-28,30,32-35,39H2,1-2H3,(H,40,42)(H,43,44)/b15-13+,18-16-,23-21+,31-29+. The van der Waals surface area contributed by atoms with Crippen LogP contribution in [0.25, 0.3) is 0 Å². The van der Waals surface area contributed by atoms with Gasteiger partial charge in [-0.1, -0.05) is 127 Å². The minimum absolute atomic E-state index is 0.0691. The Labute approximate surface area is 288 Å². The molecular formula is C38H71N2O6P. The van der Waals surface area contributed by atoms with Gasteiger partial charge in [0, 0.05) is 13.0 Å². The van der Waals surface area contributed by atoms with Crippen molar-refractivity contribution in [1.82, 2.24) is 5.32 Å². The normalized spacial score (nSPS) is 14.9. The minimum Gasteiger partial charge on any atom is -0.387 e. The number of unbranched alkanes of at least 4 members (excludes halogenated alkanes) is 16. The average molecular weight is 683 g/mol. The summed E-state index contributed by atoms with van der Waals surface area (Å²) in [4.78, 5) is 22.6. The fraction of sp³-hybridized carbons (Fsp3) is 0.763. The zero-order chi connectivity index (χ0) is 34.7.